The van der Waals surface area contributed by atoms with Gasteiger partial charge in [-0.15, -0.1) is 0 Å². The topological polar surface area (TPSA) is 102 Å². The van der Waals surface area contributed by atoms with E-state index >= 15 is 0 Å². The number of imidazole rings is 1. The van der Waals surface area contributed by atoms with Gasteiger partial charge in [-0.05, 0) is 30.7 Å². The van der Waals surface area contributed by atoms with Crippen LogP contribution in [0.1, 0.15) is 26.5 Å². The Hall–Kier alpha value is -4.07. The van der Waals surface area contributed by atoms with Crippen molar-refractivity contribution >= 4 is 23.1 Å². The van der Waals surface area contributed by atoms with Crippen LogP contribution < -0.4 is 11.1 Å². The molecule has 2 aromatic heterocycles. The molecule has 144 valence electrons. The molecular formula is C21H16FN5O2. The molecule has 0 atom stereocenters. The van der Waals surface area contributed by atoms with Crippen LogP contribution in [0.2, 0.25) is 0 Å². The van der Waals surface area contributed by atoms with Crippen molar-refractivity contribution in [3.8, 4) is 11.3 Å². The van der Waals surface area contributed by atoms with Crippen molar-refractivity contribution in [2.75, 3.05) is 5.32 Å². The van der Waals surface area contributed by atoms with E-state index < -0.39 is 17.6 Å². The summed E-state index contributed by atoms with van der Waals surface area (Å²) in [6.07, 6.45) is 1.31. The highest BCUT2D eigenvalue weighted by Gasteiger charge is 2.20. The minimum atomic E-state index is -0.752. The van der Waals surface area contributed by atoms with Crippen molar-refractivity contribution in [1.82, 2.24) is 14.4 Å². The van der Waals surface area contributed by atoms with Crippen molar-refractivity contribution in [2.45, 2.75) is 6.92 Å². The van der Waals surface area contributed by atoms with Crippen molar-refractivity contribution in [1.29, 1.82) is 0 Å². The molecule has 0 aliphatic rings. The van der Waals surface area contributed by atoms with E-state index in [2.05, 4.69) is 15.3 Å². The van der Waals surface area contributed by atoms with Gasteiger partial charge in [-0.2, -0.15) is 0 Å². The fourth-order valence-electron chi connectivity index (χ4n) is 2.99. The first kappa shape index (κ1) is 18.3. The molecule has 4 aromatic rings. The highest BCUT2D eigenvalue weighted by atomic mass is 19.1. The van der Waals surface area contributed by atoms with Crippen LogP contribution in [0, 0.1) is 12.7 Å². The third kappa shape index (κ3) is 3.43. The van der Waals surface area contributed by atoms with Crippen molar-refractivity contribution in [3.63, 3.8) is 0 Å². The van der Waals surface area contributed by atoms with Gasteiger partial charge in [0.1, 0.15) is 17.8 Å². The average molecular weight is 389 g/mol. The first-order valence-corrected chi connectivity index (χ1v) is 8.75. The normalized spacial score (nSPS) is 10.8. The number of aromatic nitrogens is 3. The number of primary amides is 1. The molecule has 0 unspecified atom stereocenters. The molecule has 0 aliphatic heterocycles. The van der Waals surface area contributed by atoms with E-state index in [0.717, 1.165) is 5.56 Å². The van der Waals surface area contributed by atoms with Crippen molar-refractivity contribution in [3.05, 3.63) is 83.7 Å². The molecular weight excluding hydrogens is 373 g/mol. The molecule has 4 rings (SSSR count). The van der Waals surface area contributed by atoms with Crippen LogP contribution in [0.5, 0.6) is 0 Å². The molecule has 3 N–H and O–H groups in total. The number of nitrogens with one attached hydrogen (secondary N) is 1. The van der Waals surface area contributed by atoms with Gasteiger partial charge in [-0.1, -0.05) is 36.4 Å². The zero-order valence-corrected chi connectivity index (χ0v) is 15.4. The van der Waals surface area contributed by atoms with Crippen LogP contribution in [-0.4, -0.2) is 26.2 Å². The van der Waals surface area contributed by atoms with Gasteiger partial charge in [0.25, 0.3) is 11.8 Å². The lowest BCUT2D eigenvalue weighted by Gasteiger charge is -2.11. The largest absolute Gasteiger partial charge is 0.364 e. The van der Waals surface area contributed by atoms with Gasteiger partial charge in [0.2, 0.25) is 0 Å². The van der Waals surface area contributed by atoms with E-state index in [0.29, 0.717) is 16.9 Å². The minimum absolute atomic E-state index is 0.0428. The van der Waals surface area contributed by atoms with Crippen LogP contribution in [0.15, 0.2) is 60.9 Å². The zero-order valence-electron chi connectivity index (χ0n) is 15.4. The standard InChI is InChI=1S/C21H16FN5O2/c1-12-7-8-14(22)9-15(12)26-21(29)17-10-16(13-5-3-2-4-6-13)25-20-18(19(23)28)24-11-27(17)20/h2-11H,1H3,(H2,23,28)(H,26,29). The van der Waals surface area contributed by atoms with Crippen LogP contribution in [0.3, 0.4) is 0 Å². The SMILES string of the molecule is Cc1ccc(F)cc1NC(=O)c1cc(-c2ccccc2)nc2c(C(N)=O)ncn12. The molecule has 0 fully saturated rings. The maximum Gasteiger partial charge on any atom is 0.272 e. The number of halogens is 1. The summed E-state index contributed by atoms with van der Waals surface area (Å²) in [7, 11) is 0. The predicted octanol–water partition coefficient (Wildman–Crippen LogP) is 3.20. The van der Waals surface area contributed by atoms with Crippen molar-refractivity contribution < 1.29 is 14.0 Å². The van der Waals surface area contributed by atoms with E-state index in [1.54, 1.807) is 19.1 Å². The number of hydrogen-bond acceptors (Lipinski definition) is 4. The number of nitrogens with zero attached hydrogens (tertiary/aromatic N) is 3. The van der Waals surface area contributed by atoms with Crippen LogP contribution in [0.4, 0.5) is 10.1 Å². The number of rotatable bonds is 4. The summed E-state index contributed by atoms with van der Waals surface area (Å²) in [6, 6.07) is 14.9. The highest BCUT2D eigenvalue weighted by Crippen LogP contribution is 2.23. The third-order valence-corrected chi connectivity index (χ3v) is 4.49. The van der Waals surface area contributed by atoms with E-state index in [1.165, 1.54) is 22.9 Å². The van der Waals surface area contributed by atoms with Gasteiger partial charge in [0.15, 0.2) is 11.3 Å². The smallest absolute Gasteiger partial charge is 0.272 e. The second-order valence-corrected chi connectivity index (χ2v) is 6.46. The monoisotopic (exact) mass is 389 g/mol. The van der Waals surface area contributed by atoms with Gasteiger partial charge < -0.3 is 11.1 Å². The quantitative estimate of drug-likeness (QED) is 0.559. The van der Waals surface area contributed by atoms with Gasteiger partial charge in [-0.25, -0.2) is 14.4 Å². The number of fused-ring (bicyclic) bond motifs is 1. The number of benzene rings is 2. The summed E-state index contributed by atoms with van der Waals surface area (Å²) in [5.41, 5.74) is 7.98. The predicted molar refractivity (Wildman–Crippen MR) is 106 cm³/mol. The molecule has 0 radical (unpaired) electrons. The molecule has 0 spiro atoms. The fourth-order valence-corrected chi connectivity index (χ4v) is 2.99. The van der Waals surface area contributed by atoms with Crippen LogP contribution in [-0.2, 0) is 0 Å². The molecule has 2 amide bonds. The average Bonchev–Trinajstić information content (AvgIpc) is 3.15. The molecule has 0 saturated carbocycles. The summed E-state index contributed by atoms with van der Waals surface area (Å²) in [5.74, 6) is -1.72. The molecule has 2 aromatic carbocycles. The maximum absolute atomic E-state index is 13.6. The summed E-state index contributed by atoms with van der Waals surface area (Å²) in [5, 5.41) is 2.71. The molecule has 8 heteroatoms. The minimum Gasteiger partial charge on any atom is -0.364 e. The molecule has 0 aliphatic carbocycles. The Bertz CT molecular complexity index is 1250. The first-order chi connectivity index (χ1) is 13.9. The summed E-state index contributed by atoms with van der Waals surface area (Å²) in [6.45, 7) is 1.76. The lowest BCUT2D eigenvalue weighted by molar-refractivity contribution is 0.0993. The van der Waals surface area contributed by atoms with Crippen LogP contribution in [0.25, 0.3) is 16.9 Å². The lowest BCUT2D eigenvalue weighted by atomic mass is 10.1. The second kappa shape index (κ2) is 7.16. The Morgan fingerprint density at radius 2 is 1.86 bits per heavy atom. The molecule has 0 bridgehead atoms. The number of aryl methyl sites for hydroxylation is 1. The Labute approximate surface area is 165 Å². The van der Waals surface area contributed by atoms with Crippen LogP contribution >= 0.6 is 0 Å². The van der Waals surface area contributed by atoms with E-state index in [-0.39, 0.29) is 17.0 Å². The van der Waals surface area contributed by atoms with Crippen molar-refractivity contribution in [2.24, 2.45) is 5.73 Å². The maximum atomic E-state index is 13.6. The summed E-state index contributed by atoms with van der Waals surface area (Å²) < 4.78 is 15.0. The van der Waals surface area contributed by atoms with Gasteiger partial charge in [0.05, 0.1) is 5.69 Å². The number of anilines is 1. The summed E-state index contributed by atoms with van der Waals surface area (Å²) >= 11 is 0. The van der Waals surface area contributed by atoms with Gasteiger partial charge in [-0.3, -0.25) is 14.0 Å². The lowest BCUT2D eigenvalue weighted by Crippen LogP contribution is -2.18. The third-order valence-electron chi connectivity index (χ3n) is 4.49. The fraction of sp³-hybridized carbons (Fsp3) is 0.0476. The highest BCUT2D eigenvalue weighted by molar-refractivity contribution is 6.05. The van der Waals surface area contributed by atoms with Gasteiger partial charge >= 0.3 is 0 Å². The Balaban J connectivity index is 1.87. The zero-order chi connectivity index (χ0) is 20.5. The number of carbonyl (C=O) groups is 2. The molecule has 7 nitrogen and oxygen atoms in total. The Morgan fingerprint density at radius 1 is 1.10 bits per heavy atom. The number of amides is 2. The number of nitrogens with two attached hydrogens (primary N) is 1. The van der Waals surface area contributed by atoms with E-state index in [9.17, 15) is 14.0 Å². The second-order valence-electron chi connectivity index (χ2n) is 6.46. The Kier molecular flexibility index (Phi) is 4.52. The van der Waals surface area contributed by atoms with E-state index in [1.807, 2.05) is 30.3 Å². The molecule has 29 heavy (non-hydrogen) atoms. The van der Waals surface area contributed by atoms with Gasteiger partial charge in [0, 0.05) is 11.3 Å². The number of carbonyl (C=O) groups excluding carboxylic acids is 2. The first-order valence-electron chi connectivity index (χ1n) is 8.75. The van der Waals surface area contributed by atoms with E-state index in [4.69, 9.17) is 5.73 Å². The Morgan fingerprint density at radius 3 is 2.59 bits per heavy atom. The molecule has 2 heterocycles. The number of hydrogen-bond donors (Lipinski definition) is 2. The summed E-state index contributed by atoms with van der Waals surface area (Å²) in [4.78, 5) is 33.2. The molecule has 0 saturated heterocycles.